The third kappa shape index (κ3) is 2.27. The Morgan fingerprint density at radius 1 is 0.857 bits per heavy atom. The summed E-state index contributed by atoms with van der Waals surface area (Å²) < 4.78 is 0. The molecule has 0 bridgehead atoms. The van der Waals surface area contributed by atoms with Gasteiger partial charge >= 0.3 is 5.97 Å². The van der Waals surface area contributed by atoms with Gasteiger partial charge in [-0.25, -0.2) is 4.79 Å². The quantitative estimate of drug-likeness (QED) is 0.794. The number of nitrogens with zero attached hydrogens (tertiary/aromatic N) is 1. The third-order valence-corrected chi connectivity index (χ3v) is 5.72. The van der Waals surface area contributed by atoms with Crippen LogP contribution in [0.25, 0.3) is 0 Å². The van der Waals surface area contributed by atoms with Crippen LogP contribution in [0.15, 0.2) is 0 Å². The van der Waals surface area contributed by atoms with E-state index in [1.807, 2.05) is 0 Å². The van der Waals surface area contributed by atoms with Crippen LogP contribution in [0.1, 0.15) is 70.6 Å². The van der Waals surface area contributed by atoms with Gasteiger partial charge in [-0.1, -0.05) is 32.1 Å². The van der Waals surface area contributed by atoms with Crippen LogP contribution in [-0.4, -0.2) is 33.3 Å². The number of hydrogen-bond acceptors (Lipinski definition) is 3. The first-order valence-corrected chi connectivity index (χ1v) is 8.09. The van der Waals surface area contributed by atoms with Crippen molar-refractivity contribution < 1.29 is 19.5 Å². The minimum absolute atomic E-state index is 0.179. The first kappa shape index (κ1) is 14.5. The molecular weight excluding hydrogens is 270 g/mol. The van der Waals surface area contributed by atoms with Crippen LogP contribution in [-0.2, 0) is 14.4 Å². The number of amides is 2. The van der Waals surface area contributed by atoms with Gasteiger partial charge in [-0.3, -0.25) is 14.5 Å². The highest BCUT2D eigenvalue weighted by molar-refractivity contribution is 6.03. The fourth-order valence-electron chi connectivity index (χ4n) is 4.63. The van der Waals surface area contributed by atoms with Crippen molar-refractivity contribution in [3.8, 4) is 0 Å². The predicted octanol–water partition coefficient (Wildman–Crippen LogP) is 2.48. The molecule has 0 aromatic rings. The van der Waals surface area contributed by atoms with E-state index in [1.165, 1.54) is 6.42 Å². The molecule has 2 amide bonds. The van der Waals surface area contributed by atoms with Crippen LogP contribution in [0, 0.1) is 5.41 Å². The Balaban J connectivity index is 1.87. The number of carboxylic acids is 1. The number of carboxylic acid groups (broad SMARTS) is 1. The lowest BCUT2D eigenvalue weighted by molar-refractivity contribution is -0.173. The first-order valence-electron chi connectivity index (χ1n) is 8.09. The molecule has 0 radical (unpaired) electrons. The van der Waals surface area contributed by atoms with Crippen molar-refractivity contribution in [2.45, 2.75) is 76.2 Å². The lowest BCUT2D eigenvalue weighted by atomic mass is 9.67. The SMILES string of the molecule is O=C1CC2(CCCCC2)CC(=O)N1C1(C(=O)O)CCCC1. The number of hydrogen-bond donors (Lipinski definition) is 1. The van der Waals surface area contributed by atoms with Crippen molar-refractivity contribution in [3.05, 3.63) is 0 Å². The van der Waals surface area contributed by atoms with Crippen molar-refractivity contribution >= 4 is 17.8 Å². The molecule has 1 heterocycles. The monoisotopic (exact) mass is 293 g/mol. The van der Waals surface area contributed by atoms with Gasteiger partial charge in [-0.15, -0.1) is 0 Å². The predicted molar refractivity (Wildman–Crippen MR) is 75.4 cm³/mol. The van der Waals surface area contributed by atoms with E-state index in [1.54, 1.807) is 0 Å². The molecule has 5 heteroatoms. The van der Waals surface area contributed by atoms with E-state index in [0.717, 1.165) is 43.4 Å². The molecule has 2 aliphatic carbocycles. The van der Waals surface area contributed by atoms with Crippen molar-refractivity contribution in [3.63, 3.8) is 0 Å². The first-order chi connectivity index (χ1) is 9.99. The summed E-state index contributed by atoms with van der Waals surface area (Å²) in [4.78, 5) is 38.1. The lowest BCUT2D eigenvalue weighted by Gasteiger charge is -2.46. The van der Waals surface area contributed by atoms with Crippen molar-refractivity contribution in [2.75, 3.05) is 0 Å². The maximum absolute atomic E-state index is 12.6. The number of piperidine rings is 1. The van der Waals surface area contributed by atoms with Gasteiger partial charge in [0.05, 0.1) is 0 Å². The molecule has 3 rings (SSSR count). The number of likely N-dealkylation sites (tertiary alicyclic amines) is 1. The highest BCUT2D eigenvalue weighted by Crippen LogP contribution is 2.48. The number of imide groups is 1. The minimum atomic E-state index is -1.26. The summed E-state index contributed by atoms with van der Waals surface area (Å²) in [5, 5.41) is 9.61. The molecule has 2 saturated carbocycles. The van der Waals surface area contributed by atoms with E-state index in [2.05, 4.69) is 0 Å². The van der Waals surface area contributed by atoms with Crippen LogP contribution >= 0.6 is 0 Å². The second kappa shape index (κ2) is 5.11. The second-order valence-corrected chi connectivity index (χ2v) is 7.08. The molecule has 116 valence electrons. The topological polar surface area (TPSA) is 74.7 Å². The van der Waals surface area contributed by atoms with Gasteiger partial charge in [0, 0.05) is 12.8 Å². The van der Waals surface area contributed by atoms with E-state index in [-0.39, 0.29) is 17.2 Å². The second-order valence-electron chi connectivity index (χ2n) is 7.08. The van der Waals surface area contributed by atoms with Gasteiger partial charge in [0.1, 0.15) is 5.54 Å². The van der Waals surface area contributed by atoms with Crippen LogP contribution < -0.4 is 0 Å². The van der Waals surface area contributed by atoms with E-state index < -0.39 is 11.5 Å². The van der Waals surface area contributed by atoms with Crippen LogP contribution in [0.4, 0.5) is 0 Å². The zero-order valence-corrected chi connectivity index (χ0v) is 12.4. The van der Waals surface area contributed by atoms with Crippen molar-refractivity contribution in [2.24, 2.45) is 5.41 Å². The zero-order chi connectivity index (χ0) is 15.1. The Labute approximate surface area is 124 Å². The fraction of sp³-hybridized carbons (Fsp3) is 0.812. The molecule has 3 aliphatic rings. The molecule has 21 heavy (non-hydrogen) atoms. The highest BCUT2D eigenvalue weighted by Gasteiger charge is 2.55. The van der Waals surface area contributed by atoms with E-state index >= 15 is 0 Å². The molecule has 0 aromatic heterocycles. The van der Waals surface area contributed by atoms with Gasteiger partial charge in [0.25, 0.3) is 0 Å². The molecule has 1 N–H and O–H groups in total. The van der Waals surface area contributed by atoms with E-state index in [4.69, 9.17) is 0 Å². The minimum Gasteiger partial charge on any atom is -0.479 e. The lowest BCUT2D eigenvalue weighted by Crippen LogP contribution is -2.62. The molecule has 1 aliphatic heterocycles. The van der Waals surface area contributed by atoms with Crippen LogP contribution in [0.2, 0.25) is 0 Å². The van der Waals surface area contributed by atoms with E-state index in [0.29, 0.717) is 25.7 Å². The van der Waals surface area contributed by atoms with Gasteiger partial charge in [-0.05, 0) is 31.1 Å². The highest BCUT2D eigenvalue weighted by atomic mass is 16.4. The third-order valence-electron chi connectivity index (χ3n) is 5.72. The summed E-state index contributed by atoms with van der Waals surface area (Å²) in [6, 6.07) is 0. The van der Waals surface area contributed by atoms with Gasteiger partial charge in [0.15, 0.2) is 0 Å². The average Bonchev–Trinajstić information content (AvgIpc) is 2.89. The Hall–Kier alpha value is -1.39. The molecule has 3 fully saturated rings. The largest absolute Gasteiger partial charge is 0.479 e. The summed E-state index contributed by atoms with van der Waals surface area (Å²) >= 11 is 0. The van der Waals surface area contributed by atoms with Crippen molar-refractivity contribution in [1.29, 1.82) is 0 Å². The summed E-state index contributed by atoms with van der Waals surface area (Å²) in [5.74, 6) is -1.52. The number of carbonyl (C=O) groups is 3. The Kier molecular flexibility index (Phi) is 3.54. The van der Waals surface area contributed by atoms with Crippen LogP contribution in [0.5, 0.6) is 0 Å². The number of carbonyl (C=O) groups excluding carboxylic acids is 2. The Bertz CT molecular complexity index is 453. The maximum Gasteiger partial charge on any atom is 0.330 e. The molecular formula is C16H23NO4. The summed E-state index contributed by atoms with van der Waals surface area (Å²) in [7, 11) is 0. The van der Waals surface area contributed by atoms with Crippen molar-refractivity contribution in [1.82, 2.24) is 4.90 Å². The maximum atomic E-state index is 12.6. The normalized spacial score (nSPS) is 28.1. The summed E-state index contributed by atoms with van der Waals surface area (Å²) in [5.41, 5.74) is -1.44. The number of rotatable bonds is 2. The van der Waals surface area contributed by atoms with Gasteiger partial charge in [-0.2, -0.15) is 0 Å². The molecule has 1 spiro atoms. The fourth-order valence-corrected chi connectivity index (χ4v) is 4.63. The Morgan fingerprint density at radius 2 is 1.33 bits per heavy atom. The zero-order valence-electron chi connectivity index (χ0n) is 12.4. The summed E-state index contributed by atoms with van der Waals surface area (Å²) in [6.45, 7) is 0. The molecule has 1 saturated heterocycles. The van der Waals surface area contributed by atoms with Gasteiger partial charge < -0.3 is 5.11 Å². The standard InChI is InChI=1S/C16H23NO4/c18-12-10-15(6-2-1-3-7-15)11-13(19)17(12)16(14(20)21)8-4-5-9-16/h1-11H2,(H,20,21). The number of aliphatic carboxylic acids is 1. The smallest absolute Gasteiger partial charge is 0.330 e. The molecule has 0 aromatic carbocycles. The molecule has 5 nitrogen and oxygen atoms in total. The van der Waals surface area contributed by atoms with Gasteiger partial charge in [0.2, 0.25) is 11.8 Å². The van der Waals surface area contributed by atoms with Crippen LogP contribution in [0.3, 0.4) is 0 Å². The molecule has 0 unspecified atom stereocenters. The molecule has 0 atom stereocenters. The van der Waals surface area contributed by atoms with E-state index in [9.17, 15) is 19.5 Å². The Morgan fingerprint density at radius 3 is 1.81 bits per heavy atom. The summed E-state index contributed by atoms with van der Waals surface area (Å²) in [6.07, 6.45) is 8.25. The average molecular weight is 293 g/mol.